The molecule has 0 saturated heterocycles. The minimum Gasteiger partial charge on any atom is -0.426 e. The van der Waals surface area contributed by atoms with E-state index in [-0.39, 0.29) is 13.1 Å². The lowest BCUT2D eigenvalue weighted by molar-refractivity contribution is -0.308. The van der Waals surface area contributed by atoms with Crippen LogP contribution < -0.4 is 0 Å². The number of hydrogen-bond donors (Lipinski definition) is 0. The highest BCUT2D eigenvalue weighted by molar-refractivity contribution is 9.10. The van der Waals surface area contributed by atoms with Crippen molar-refractivity contribution in [2.75, 3.05) is 0 Å². The number of hydrogen-bond acceptors (Lipinski definition) is 3. The number of carbonyl (C=O) groups excluding carboxylic acids is 1. The highest BCUT2D eigenvalue weighted by Gasteiger charge is 2.60. The van der Waals surface area contributed by atoms with Gasteiger partial charge in [-0.3, -0.25) is 9.88 Å². The van der Waals surface area contributed by atoms with Crippen molar-refractivity contribution >= 4 is 22.0 Å². The number of carbonyl (C=O) groups is 1. The molecule has 0 spiro atoms. The molecule has 1 aliphatic rings. The third-order valence-electron chi connectivity index (χ3n) is 2.80. The first-order valence-corrected chi connectivity index (χ1v) is 6.50. The van der Waals surface area contributed by atoms with E-state index in [4.69, 9.17) is 0 Å². The van der Waals surface area contributed by atoms with Crippen LogP contribution in [-0.4, -0.2) is 34.4 Å². The van der Waals surface area contributed by atoms with E-state index < -0.39 is 24.5 Å². The maximum absolute atomic E-state index is 12.3. The van der Waals surface area contributed by atoms with Crippen LogP contribution in [0.5, 0.6) is 0 Å². The third-order valence-corrected chi connectivity index (χ3v) is 3.23. The van der Waals surface area contributed by atoms with E-state index in [9.17, 15) is 31.1 Å². The zero-order chi connectivity index (χ0) is 16.7. The van der Waals surface area contributed by atoms with E-state index >= 15 is 0 Å². The van der Waals surface area contributed by atoms with E-state index in [0.717, 1.165) is 0 Å². The maximum Gasteiger partial charge on any atom is 0.434 e. The average Bonchev–Trinajstić information content (AvgIpc) is 2.75. The second kappa shape index (κ2) is 5.60. The fraction of sp³-hybridized carbons (Fsp3) is 0.455. The van der Waals surface area contributed by atoms with E-state index in [0.29, 0.717) is 20.6 Å². The van der Waals surface area contributed by atoms with Crippen molar-refractivity contribution < 1.29 is 35.9 Å². The van der Waals surface area contributed by atoms with E-state index in [2.05, 4.69) is 25.7 Å². The Morgan fingerprint density at radius 2 is 1.82 bits per heavy atom. The van der Waals surface area contributed by atoms with Crippen LogP contribution >= 0.6 is 15.9 Å². The van der Waals surface area contributed by atoms with Crippen LogP contribution in [0.2, 0.25) is 0 Å². The summed E-state index contributed by atoms with van der Waals surface area (Å²) < 4.78 is 78.3. The van der Waals surface area contributed by atoms with Gasteiger partial charge in [-0.2, -0.15) is 26.3 Å². The Morgan fingerprint density at radius 3 is 2.36 bits per heavy atom. The van der Waals surface area contributed by atoms with Crippen molar-refractivity contribution in [3.05, 3.63) is 28.0 Å². The van der Waals surface area contributed by atoms with E-state index in [1.807, 2.05) is 0 Å². The average molecular weight is 393 g/mol. The quantitative estimate of drug-likeness (QED) is 0.683. The van der Waals surface area contributed by atoms with Crippen molar-refractivity contribution in [3.8, 4) is 0 Å². The first-order chi connectivity index (χ1) is 9.98. The number of nitrogens with zero attached hydrogens (tertiary/aromatic N) is 2. The maximum atomic E-state index is 12.3. The van der Waals surface area contributed by atoms with Gasteiger partial charge in [0.2, 0.25) is 0 Å². The topological polar surface area (TPSA) is 42.4 Å². The standard InChI is InChI=1S/C11H7BrF6N2O2/c12-6-1-5-3-20(4-7(5)19-2-6)9(21)22-8(10(13,14)15)11(16,17)18/h1-2,8H,3-4H2. The molecule has 0 fully saturated rings. The molecule has 1 aliphatic heterocycles. The molecule has 22 heavy (non-hydrogen) atoms. The number of aromatic nitrogens is 1. The summed E-state index contributed by atoms with van der Waals surface area (Å²) in [6.45, 7) is -0.396. The Kier molecular flexibility index (Phi) is 4.28. The Bertz CT molecular complexity index is 575. The van der Waals surface area contributed by atoms with Crippen molar-refractivity contribution in [1.82, 2.24) is 9.88 Å². The van der Waals surface area contributed by atoms with Crippen LogP contribution in [0.25, 0.3) is 0 Å². The Labute approximate surface area is 128 Å². The lowest BCUT2D eigenvalue weighted by atomic mass is 10.2. The predicted octanol–water partition coefficient (Wildman–Crippen LogP) is 3.79. The lowest BCUT2D eigenvalue weighted by Crippen LogP contribution is -2.47. The Balaban J connectivity index is 2.10. The minimum absolute atomic E-state index is 0.178. The molecular weight excluding hydrogens is 386 g/mol. The predicted molar refractivity (Wildman–Crippen MR) is 63.6 cm³/mol. The van der Waals surface area contributed by atoms with Crippen LogP contribution in [0.3, 0.4) is 0 Å². The molecule has 0 unspecified atom stereocenters. The van der Waals surface area contributed by atoms with Gasteiger partial charge < -0.3 is 4.74 Å². The molecule has 0 saturated carbocycles. The number of fused-ring (bicyclic) bond motifs is 1. The normalized spacial score (nSPS) is 15.2. The molecule has 1 amide bonds. The molecular formula is C11H7BrF6N2O2. The summed E-state index contributed by atoms with van der Waals surface area (Å²) in [6.07, 6.45) is -15.9. The molecule has 2 rings (SSSR count). The first-order valence-electron chi connectivity index (χ1n) is 5.71. The molecule has 0 aromatic carbocycles. The molecule has 11 heteroatoms. The fourth-order valence-electron chi connectivity index (χ4n) is 1.85. The summed E-state index contributed by atoms with van der Waals surface area (Å²) in [5.74, 6) is 0. The van der Waals surface area contributed by atoms with Gasteiger partial charge in [-0.05, 0) is 27.6 Å². The van der Waals surface area contributed by atoms with Crippen molar-refractivity contribution in [2.24, 2.45) is 0 Å². The summed E-state index contributed by atoms with van der Waals surface area (Å²) in [5, 5.41) is 0. The molecule has 1 aromatic rings. The third kappa shape index (κ3) is 3.62. The van der Waals surface area contributed by atoms with Gasteiger partial charge in [-0.15, -0.1) is 0 Å². The van der Waals surface area contributed by atoms with E-state index in [1.54, 1.807) is 6.07 Å². The van der Waals surface area contributed by atoms with Crippen LogP contribution in [0.4, 0.5) is 31.1 Å². The summed E-state index contributed by atoms with van der Waals surface area (Å²) in [7, 11) is 0. The molecule has 1 aromatic heterocycles. The number of rotatable bonds is 1. The lowest BCUT2D eigenvalue weighted by Gasteiger charge is -2.25. The number of amides is 1. The molecule has 0 radical (unpaired) electrons. The first kappa shape index (κ1) is 16.8. The molecule has 0 N–H and O–H groups in total. The van der Waals surface area contributed by atoms with Gasteiger partial charge in [-0.1, -0.05) is 0 Å². The molecule has 4 nitrogen and oxygen atoms in total. The molecule has 0 atom stereocenters. The molecule has 2 heterocycles. The highest BCUT2D eigenvalue weighted by Crippen LogP contribution is 2.36. The molecule has 0 aliphatic carbocycles. The summed E-state index contributed by atoms with van der Waals surface area (Å²) in [5.41, 5.74) is 0.901. The monoisotopic (exact) mass is 392 g/mol. The molecule has 122 valence electrons. The van der Waals surface area contributed by atoms with Gasteiger partial charge in [-0.25, -0.2) is 4.79 Å². The van der Waals surface area contributed by atoms with Crippen LogP contribution in [0, 0.1) is 0 Å². The van der Waals surface area contributed by atoms with Gasteiger partial charge >= 0.3 is 18.4 Å². The second-order valence-electron chi connectivity index (χ2n) is 4.46. The van der Waals surface area contributed by atoms with Crippen LogP contribution in [0.15, 0.2) is 16.7 Å². The van der Waals surface area contributed by atoms with Gasteiger partial charge in [0, 0.05) is 10.7 Å². The highest BCUT2D eigenvalue weighted by atomic mass is 79.9. The number of pyridine rings is 1. The summed E-state index contributed by atoms with van der Waals surface area (Å²) in [6, 6.07) is 1.57. The Morgan fingerprint density at radius 1 is 1.23 bits per heavy atom. The summed E-state index contributed by atoms with van der Waals surface area (Å²) in [4.78, 5) is 16.2. The number of alkyl halides is 6. The second-order valence-corrected chi connectivity index (χ2v) is 5.38. The Hall–Kier alpha value is -1.52. The number of ether oxygens (including phenoxy) is 1. The minimum atomic E-state index is -5.73. The zero-order valence-corrected chi connectivity index (χ0v) is 12.1. The SMILES string of the molecule is O=C(OC(C(F)(F)F)C(F)(F)F)N1Cc2cc(Br)cnc2C1. The fourth-order valence-corrected chi connectivity index (χ4v) is 2.23. The van der Waals surface area contributed by atoms with Gasteiger partial charge in [0.15, 0.2) is 0 Å². The number of halogens is 7. The van der Waals surface area contributed by atoms with Crippen molar-refractivity contribution in [3.63, 3.8) is 0 Å². The van der Waals surface area contributed by atoms with E-state index in [1.165, 1.54) is 6.20 Å². The largest absolute Gasteiger partial charge is 0.434 e. The van der Waals surface area contributed by atoms with Gasteiger partial charge in [0.1, 0.15) is 0 Å². The smallest absolute Gasteiger partial charge is 0.426 e. The van der Waals surface area contributed by atoms with Crippen molar-refractivity contribution in [1.29, 1.82) is 0 Å². The van der Waals surface area contributed by atoms with Gasteiger partial charge in [0.25, 0.3) is 6.10 Å². The van der Waals surface area contributed by atoms with Crippen LogP contribution in [-0.2, 0) is 17.8 Å². The van der Waals surface area contributed by atoms with Crippen molar-refractivity contribution in [2.45, 2.75) is 31.5 Å². The molecule has 0 bridgehead atoms. The zero-order valence-electron chi connectivity index (χ0n) is 10.5. The van der Waals surface area contributed by atoms with Crippen LogP contribution in [0.1, 0.15) is 11.3 Å². The summed E-state index contributed by atoms with van der Waals surface area (Å²) >= 11 is 3.12. The van der Waals surface area contributed by atoms with Gasteiger partial charge in [0.05, 0.1) is 18.8 Å².